The first-order valence-corrected chi connectivity index (χ1v) is 4.52. The van der Waals surface area contributed by atoms with E-state index in [-0.39, 0.29) is 19.2 Å². The molecule has 0 amide bonds. The van der Waals surface area contributed by atoms with Gasteiger partial charge in [-0.05, 0) is 6.42 Å². The molecule has 0 heterocycles. The average Bonchev–Trinajstić information content (AvgIpc) is 2.13. The summed E-state index contributed by atoms with van der Waals surface area (Å²) < 4.78 is 9.12. The number of hydrogen-bond donors (Lipinski definition) is 0. The van der Waals surface area contributed by atoms with Gasteiger partial charge in [0.15, 0.2) is 0 Å². The number of unbranched alkanes of at least 4 members (excludes halogenated alkanes) is 2. The molecule has 0 fully saturated rings. The Bertz CT molecular complexity index is 145. The third-order valence-electron chi connectivity index (χ3n) is 1.52. The van der Waals surface area contributed by atoms with Crippen LogP contribution in [0, 0.1) is 0 Å². The van der Waals surface area contributed by atoms with E-state index in [9.17, 15) is 9.59 Å². The molecule has 0 rings (SSSR count). The molecule has 0 N–H and O–H groups in total. The molecule has 4 heteroatoms. The van der Waals surface area contributed by atoms with E-state index in [2.05, 4.69) is 11.7 Å². The van der Waals surface area contributed by atoms with Crippen LogP contribution < -0.4 is 0 Å². The summed E-state index contributed by atoms with van der Waals surface area (Å²) in [6.07, 6.45) is 3.44. The Balaban J connectivity index is 3.15. The standard InChI is InChI=1S/C9H16O4/c1-2-3-4-5-9(11)13-7-6-12-8-10/h8H,2-7H2,1H3. The fraction of sp³-hybridized carbons (Fsp3) is 0.778. The molecule has 0 aliphatic carbocycles. The van der Waals surface area contributed by atoms with Crippen LogP contribution >= 0.6 is 0 Å². The van der Waals surface area contributed by atoms with Gasteiger partial charge in [0, 0.05) is 6.42 Å². The number of hydrogen-bond acceptors (Lipinski definition) is 4. The van der Waals surface area contributed by atoms with Crippen molar-refractivity contribution in [2.45, 2.75) is 32.6 Å². The first kappa shape index (κ1) is 11.9. The molecule has 13 heavy (non-hydrogen) atoms. The van der Waals surface area contributed by atoms with Crippen LogP contribution in [0.3, 0.4) is 0 Å². The third-order valence-corrected chi connectivity index (χ3v) is 1.52. The Morgan fingerprint density at radius 1 is 1.31 bits per heavy atom. The highest BCUT2D eigenvalue weighted by molar-refractivity contribution is 5.69. The molecular formula is C9H16O4. The Kier molecular flexibility index (Phi) is 8.30. The normalized spacial score (nSPS) is 9.31. The van der Waals surface area contributed by atoms with E-state index in [1.165, 1.54) is 0 Å². The van der Waals surface area contributed by atoms with Gasteiger partial charge in [-0.25, -0.2) is 0 Å². The molecule has 0 atom stereocenters. The number of ether oxygens (including phenoxy) is 2. The van der Waals surface area contributed by atoms with Gasteiger partial charge in [0.2, 0.25) is 0 Å². The number of rotatable bonds is 8. The summed E-state index contributed by atoms with van der Waals surface area (Å²) in [5, 5.41) is 0. The minimum absolute atomic E-state index is 0.142. The predicted octanol–water partition coefficient (Wildman–Crippen LogP) is 1.28. The highest BCUT2D eigenvalue weighted by Gasteiger charge is 2.01. The number of carbonyl (C=O) groups excluding carboxylic acids is 2. The zero-order valence-electron chi connectivity index (χ0n) is 7.95. The smallest absolute Gasteiger partial charge is 0.305 e. The molecule has 0 aromatic carbocycles. The lowest BCUT2D eigenvalue weighted by molar-refractivity contribution is -0.147. The van der Waals surface area contributed by atoms with Crippen molar-refractivity contribution in [3.63, 3.8) is 0 Å². The topological polar surface area (TPSA) is 52.6 Å². The molecule has 0 unspecified atom stereocenters. The monoisotopic (exact) mass is 188 g/mol. The van der Waals surface area contributed by atoms with Gasteiger partial charge in [-0.3, -0.25) is 9.59 Å². The van der Waals surface area contributed by atoms with Gasteiger partial charge in [0.25, 0.3) is 6.47 Å². The van der Waals surface area contributed by atoms with Crippen molar-refractivity contribution < 1.29 is 19.1 Å². The lowest BCUT2D eigenvalue weighted by atomic mass is 10.2. The van der Waals surface area contributed by atoms with Crippen LogP contribution in [0.15, 0.2) is 0 Å². The van der Waals surface area contributed by atoms with Crippen LogP contribution in [0.4, 0.5) is 0 Å². The molecule has 0 aromatic heterocycles. The Morgan fingerprint density at radius 2 is 2.08 bits per heavy atom. The number of carbonyl (C=O) groups is 2. The fourth-order valence-corrected chi connectivity index (χ4v) is 0.843. The minimum atomic E-state index is -0.219. The lowest BCUT2D eigenvalue weighted by Gasteiger charge is -2.02. The van der Waals surface area contributed by atoms with Crippen molar-refractivity contribution in [2.75, 3.05) is 13.2 Å². The minimum Gasteiger partial charge on any atom is -0.464 e. The Labute approximate surface area is 78.2 Å². The lowest BCUT2D eigenvalue weighted by Crippen LogP contribution is -2.09. The van der Waals surface area contributed by atoms with Gasteiger partial charge in [-0.15, -0.1) is 0 Å². The molecule has 0 aromatic rings. The van der Waals surface area contributed by atoms with Crippen LogP contribution in [0.5, 0.6) is 0 Å². The quantitative estimate of drug-likeness (QED) is 0.327. The second kappa shape index (κ2) is 9.03. The van der Waals surface area contributed by atoms with Gasteiger partial charge >= 0.3 is 5.97 Å². The van der Waals surface area contributed by atoms with Crippen molar-refractivity contribution in [2.24, 2.45) is 0 Å². The SMILES string of the molecule is CCCCCC(=O)OCCOC=O. The van der Waals surface area contributed by atoms with E-state index < -0.39 is 0 Å². The molecule has 0 radical (unpaired) electrons. The summed E-state index contributed by atoms with van der Waals surface area (Å²) in [6.45, 7) is 2.71. The van der Waals surface area contributed by atoms with Crippen molar-refractivity contribution in [1.29, 1.82) is 0 Å². The summed E-state index contributed by atoms with van der Waals surface area (Å²) in [6, 6.07) is 0. The molecule has 0 spiro atoms. The van der Waals surface area contributed by atoms with Crippen molar-refractivity contribution in [1.82, 2.24) is 0 Å². The first-order valence-electron chi connectivity index (χ1n) is 4.52. The van der Waals surface area contributed by atoms with Gasteiger partial charge in [0.1, 0.15) is 13.2 Å². The maximum Gasteiger partial charge on any atom is 0.305 e. The summed E-state index contributed by atoms with van der Waals surface area (Å²) in [5.74, 6) is -0.219. The molecule has 4 nitrogen and oxygen atoms in total. The van der Waals surface area contributed by atoms with E-state index in [1.54, 1.807) is 0 Å². The van der Waals surface area contributed by atoms with Crippen LogP contribution in [-0.4, -0.2) is 25.7 Å². The highest BCUT2D eigenvalue weighted by Crippen LogP contribution is 1.99. The van der Waals surface area contributed by atoms with Gasteiger partial charge in [-0.1, -0.05) is 19.8 Å². The molecule has 0 aliphatic rings. The zero-order chi connectivity index (χ0) is 9.94. The second-order valence-corrected chi connectivity index (χ2v) is 2.64. The molecule has 0 saturated heterocycles. The van der Waals surface area contributed by atoms with Crippen LogP contribution in [0.2, 0.25) is 0 Å². The molecule has 0 saturated carbocycles. The van der Waals surface area contributed by atoms with Crippen molar-refractivity contribution >= 4 is 12.4 Å². The summed E-state index contributed by atoms with van der Waals surface area (Å²) in [5.41, 5.74) is 0. The summed E-state index contributed by atoms with van der Waals surface area (Å²) in [4.78, 5) is 20.6. The van der Waals surface area contributed by atoms with Gasteiger partial charge < -0.3 is 9.47 Å². The van der Waals surface area contributed by atoms with E-state index in [1.807, 2.05) is 0 Å². The Morgan fingerprint density at radius 3 is 2.69 bits per heavy atom. The van der Waals surface area contributed by atoms with E-state index >= 15 is 0 Å². The maximum absolute atomic E-state index is 10.9. The summed E-state index contributed by atoms with van der Waals surface area (Å²) in [7, 11) is 0. The second-order valence-electron chi connectivity index (χ2n) is 2.64. The maximum atomic E-state index is 10.9. The summed E-state index contributed by atoms with van der Waals surface area (Å²) >= 11 is 0. The third kappa shape index (κ3) is 8.85. The highest BCUT2D eigenvalue weighted by atomic mass is 16.6. The molecule has 76 valence electrons. The molecule has 0 bridgehead atoms. The molecule has 0 aliphatic heterocycles. The average molecular weight is 188 g/mol. The number of esters is 1. The van der Waals surface area contributed by atoms with E-state index in [4.69, 9.17) is 4.74 Å². The van der Waals surface area contributed by atoms with E-state index in [0.29, 0.717) is 12.9 Å². The molecular weight excluding hydrogens is 172 g/mol. The van der Waals surface area contributed by atoms with Gasteiger partial charge in [0.05, 0.1) is 0 Å². The van der Waals surface area contributed by atoms with Crippen LogP contribution in [0.25, 0.3) is 0 Å². The Hall–Kier alpha value is -1.06. The van der Waals surface area contributed by atoms with Crippen LogP contribution in [-0.2, 0) is 19.1 Å². The largest absolute Gasteiger partial charge is 0.464 e. The fourth-order valence-electron chi connectivity index (χ4n) is 0.843. The van der Waals surface area contributed by atoms with Crippen molar-refractivity contribution in [3.05, 3.63) is 0 Å². The predicted molar refractivity (Wildman–Crippen MR) is 47.1 cm³/mol. The van der Waals surface area contributed by atoms with Crippen LogP contribution in [0.1, 0.15) is 32.6 Å². The van der Waals surface area contributed by atoms with Crippen molar-refractivity contribution in [3.8, 4) is 0 Å². The van der Waals surface area contributed by atoms with Gasteiger partial charge in [-0.2, -0.15) is 0 Å². The zero-order valence-corrected chi connectivity index (χ0v) is 7.95. The first-order chi connectivity index (χ1) is 6.31. The van der Waals surface area contributed by atoms with E-state index in [0.717, 1.165) is 19.3 Å².